The first-order chi connectivity index (χ1) is 15.0. The largest absolute Gasteiger partial charge is 0.496 e. The van der Waals surface area contributed by atoms with E-state index in [1.165, 1.54) is 0 Å². The van der Waals surface area contributed by atoms with Crippen molar-refractivity contribution in [1.29, 1.82) is 0 Å². The third-order valence-electron chi connectivity index (χ3n) is 5.27. The monoisotopic (exact) mass is 426 g/mol. The van der Waals surface area contributed by atoms with Gasteiger partial charge in [-0.3, -0.25) is 14.6 Å². The van der Waals surface area contributed by atoms with E-state index in [1.54, 1.807) is 13.2 Å². The Morgan fingerprint density at radius 2 is 2.10 bits per heavy atom. The second kappa shape index (κ2) is 10.6. The van der Waals surface area contributed by atoms with Crippen LogP contribution in [0.3, 0.4) is 0 Å². The minimum absolute atomic E-state index is 0.00320. The molecule has 0 spiro atoms. The van der Waals surface area contributed by atoms with Crippen LogP contribution in [0.2, 0.25) is 0 Å². The van der Waals surface area contributed by atoms with Gasteiger partial charge in [0.1, 0.15) is 11.8 Å². The number of benzene rings is 2. The number of nitrogens with two attached hydrogens (primary N) is 2. The van der Waals surface area contributed by atoms with Gasteiger partial charge in [0.25, 0.3) is 0 Å². The number of methoxy groups -OCH3 is 1. The number of rotatable bonds is 9. The van der Waals surface area contributed by atoms with Crippen LogP contribution >= 0.6 is 0 Å². The minimum atomic E-state index is -0.707. The maximum Gasteiger partial charge on any atom is 0.246 e. The molecule has 1 aliphatic heterocycles. The lowest BCUT2D eigenvalue weighted by atomic mass is 10.1. The van der Waals surface area contributed by atoms with Crippen molar-refractivity contribution in [2.45, 2.75) is 37.8 Å². The highest BCUT2D eigenvalue weighted by atomic mass is 16.5. The molecule has 2 unspecified atom stereocenters. The Labute approximate surface area is 181 Å². The lowest BCUT2D eigenvalue weighted by Gasteiger charge is -2.21. The average molecular weight is 427 g/mol. The number of anilines is 1. The van der Waals surface area contributed by atoms with Crippen LogP contribution in [0.4, 0.5) is 5.69 Å². The standard InChI is InChI=1S/C22H30N6O3/c1-31-19-13-15(12-14-6-2-3-7-16(14)19)27-21(30)18(9-5-11-26-22(23)24)28-20(29)17-8-4-10-25-17/h2-3,6-7,12-13,17-18,25H,4-5,8-11H2,1H3,(H,27,30)(H,28,29)(H4,23,24,26). The molecule has 9 heteroatoms. The summed E-state index contributed by atoms with van der Waals surface area (Å²) in [7, 11) is 1.59. The molecule has 7 N–H and O–H groups in total. The molecule has 9 nitrogen and oxygen atoms in total. The van der Waals surface area contributed by atoms with E-state index in [-0.39, 0.29) is 23.8 Å². The number of carbonyl (C=O) groups is 2. The molecule has 3 rings (SSSR count). The fraction of sp³-hybridized carbons (Fsp3) is 0.409. The van der Waals surface area contributed by atoms with Gasteiger partial charge in [0.2, 0.25) is 11.8 Å². The smallest absolute Gasteiger partial charge is 0.246 e. The lowest BCUT2D eigenvalue weighted by molar-refractivity contribution is -0.127. The van der Waals surface area contributed by atoms with Crippen LogP contribution in [0.15, 0.2) is 41.4 Å². The summed E-state index contributed by atoms with van der Waals surface area (Å²) in [5.74, 6) is 0.198. The predicted octanol–water partition coefficient (Wildman–Crippen LogP) is 1.08. The summed E-state index contributed by atoms with van der Waals surface area (Å²) in [6.07, 6.45) is 2.66. The minimum Gasteiger partial charge on any atom is -0.496 e. The van der Waals surface area contributed by atoms with E-state index in [9.17, 15) is 9.59 Å². The van der Waals surface area contributed by atoms with Crippen molar-refractivity contribution in [2.75, 3.05) is 25.5 Å². The van der Waals surface area contributed by atoms with Gasteiger partial charge in [-0.1, -0.05) is 24.3 Å². The highest BCUT2D eigenvalue weighted by molar-refractivity contribution is 6.00. The normalized spacial score (nSPS) is 16.5. The Kier molecular flexibility index (Phi) is 7.66. The van der Waals surface area contributed by atoms with E-state index in [0.717, 1.165) is 30.2 Å². The van der Waals surface area contributed by atoms with E-state index in [0.29, 0.717) is 30.8 Å². The van der Waals surface area contributed by atoms with Gasteiger partial charge in [-0.2, -0.15) is 0 Å². The first-order valence-corrected chi connectivity index (χ1v) is 10.4. The third-order valence-corrected chi connectivity index (χ3v) is 5.27. The first kappa shape index (κ1) is 22.4. The molecular formula is C22H30N6O3. The van der Waals surface area contributed by atoms with Crippen molar-refractivity contribution in [3.05, 3.63) is 36.4 Å². The van der Waals surface area contributed by atoms with Gasteiger partial charge in [-0.25, -0.2) is 0 Å². The van der Waals surface area contributed by atoms with Crippen LogP contribution in [0.5, 0.6) is 5.75 Å². The van der Waals surface area contributed by atoms with E-state index in [1.807, 2.05) is 30.3 Å². The average Bonchev–Trinajstić information content (AvgIpc) is 3.30. The molecule has 1 aliphatic rings. The second-order valence-corrected chi connectivity index (χ2v) is 7.55. The van der Waals surface area contributed by atoms with Crippen molar-refractivity contribution in [3.8, 4) is 5.75 Å². The zero-order valence-electron chi connectivity index (χ0n) is 17.7. The van der Waals surface area contributed by atoms with Gasteiger partial charge >= 0.3 is 0 Å². The van der Waals surface area contributed by atoms with Crippen molar-refractivity contribution < 1.29 is 14.3 Å². The Morgan fingerprint density at radius 1 is 1.29 bits per heavy atom. The van der Waals surface area contributed by atoms with Crippen LogP contribution in [-0.2, 0) is 9.59 Å². The number of nitrogens with one attached hydrogen (secondary N) is 3. The zero-order chi connectivity index (χ0) is 22.2. The molecule has 2 aromatic carbocycles. The summed E-state index contributed by atoms with van der Waals surface area (Å²) in [6, 6.07) is 10.4. The Balaban J connectivity index is 1.74. The van der Waals surface area contributed by atoms with Crippen LogP contribution in [0.1, 0.15) is 25.7 Å². The van der Waals surface area contributed by atoms with Gasteiger partial charge in [-0.15, -0.1) is 0 Å². The summed E-state index contributed by atoms with van der Waals surface area (Å²) in [6.45, 7) is 1.18. The van der Waals surface area contributed by atoms with E-state index in [2.05, 4.69) is 20.9 Å². The van der Waals surface area contributed by atoms with Crippen LogP contribution in [0, 0.1) is 0 Å². The van der Waals surface area contributed by atoms with Crippen molar-refractivity contribution in [1.82, 2.24) is 10.6 Å². The Morgan fingerprint density at radius 3 is 2.81 bits per heavy atom. The molecule has 1 fully saturated rings. The van der Waals surface area contributed by atoms with Crippen molar-refractivity contribution >= 4 is 34.2 Å². The number of carbonyl (C=O) groups excluding carboxylic acids is 2. The van der Waals surface area contributed by atoms with Gasteiger partial charge in [0, 0.05) is 23.7 Å². The molecule has 1 saturated heterocycles. The highest BCUT2D eigenvalue weighted by Gasteiger charge is 2.27. The Hall–Kier alpha value is -3.33. The molecule has 2 aromatic rings. The van der Waals surface area contributed by atoms with Crippen molar-refractivity contribution in [3.63, 3.8) is 0 Å². The summed E-state index contributed by atoms with van der Waals surface area (Å²) >= 11 is 0. The SMILES string of the molecule is COc1cc(NC(=O)C(CCCN=C(N)N)NC(=O)C2CCCN2)cc2ccccc12. The molecule has 2 atom stereocenters. The number of hydrogen-bond donors (Lipinski definition) is 5. The molecule has 0 aliphatic carbocycles. The van der Waals surface area contributed by atoms with E-state index >= 15 is 0 Å². The number of ether oxygens (including phenoxy) is 1. The quantitative estimate of drug-likeness (QED) is 0.231. The number of amides is 2. The number of fused-ring (bicyclic) bond motifs is 1. The van der Waals surface area contributed by atoms with Gasteiger partial charge in [0.15, 0.2) is 5.96 Å². The van der Waals surface area contributed by atoms with Crippen LogP contribution in [0.25, 0.3) is 10.8 Å². The second-order valence-electron chi connectivity index (χ2n) is 7.55. The molecule has 0 bridgehead atoms. The molecule has 1 heterocycles. The van der Waals surface area contributed by atoms with E-state index in [4.69, 9.17) is 16.2 Å². The summed E-state index contributed by atoms with van der Waals surface area (Å²) in [5, 5.41) is 10.8. The van der Waals surface area contributed by atoms with Crippen LogP contribution < -0.4 is 32.2 Å². The van der Waals surface area contributed by atoms with Gasteiger partial charge < -0.3 is 32.2 Å². The molecular weight excluding hydrogens is 396 g/mol. The fourth-order valence-electron chi connectivity index (χ4n) is 3.70. The van der Waals surface area contributed by atoms with Gasteiger partial charge in [0.05, 0.1) is 13.2 Å². The Bertz CT molecular complexity index is 951. The molecule has 166 valence electrons. The number of guanidine groups is 1. The summed E-state index contributed by atoms with van der Waals surface area (Å²) in [5.41, 5.74) is 11.3. The number of nitrogens with zero attached hydrogens (tertiary/aromatic N) is 1. The maximum atomic E-state index is 13.1. The topological polar surface area (TPSA) is 144 Å². The molecule has 0 radical (unpaired) electrons. The molecule has 2 amide bonds. The first-order valence-electron chi connectivity index (χ1n) is 10.4. The van der Waals surface area contributed by atoms with Gasteiger partial charge in [-0.05, 0) is 43.7 Å². The lowest BCUT2D eigenvalue weighted by Crippen LogP contribution is -2.49. The highest BCUT2D eigenvalue weighted by Crippen LogP contribution is 2.29. The van der Waals surface area contributed by atoms with E-state index < -0.39 is 6.04 Å². The third kappa shape index (κ3) is 6.08. The molecule has 0 aromatic heterocycles. The fourth-order valence-corrected chi connectivity index (χ4v) is 3.70. The number of hydrogen-bond acceptors (Lipinski definition) is 5. The molecule has 0 saturated carbocycles. The zero-order valence-corrected chi connectivity index (χ0v) is 17.7. The summed E-state index contributed by atoms with van der Waals surface area (Å²) < 4.78 is 5.48. The summed E-state index contributed by atoms with van der Waals surface area (Å²) in [4.78, 5) is 29.6. The van der Waals surface area contributed by atoms with Crippen LogP contribution in [-0.4, -0.2) is 50.1 Å². The van der Waals surface area contributed by atoms with Crippen molar-refractivity contribution in [2.24, 2.45) is 16.5 Å². The maximum absolute atomic E-state index is 13.1. The number of aliphatic imine (C=N–C) groups is 1. The predicted molar refractivity (Wildman–Crippen MR) is 122 cm³/mol. The molecule has 31 heavy (non-hydrogen) atoms.